The van der Waals surface area contributed by atoms with Crippen LogP contribution in [0, 0.1) is 11.3 Å². The Hall–Kier alpha value is -3.14. The van der Waals surface area contributed by atoms with Crippen molar-refractivity contribution in [3.63, 3.8) is 0 Å². The second-order valence-electron chi connectivity index (χ2n) is 5.02. The number of halogens is 2. The molecule has 0 aliphatic carbocycles. The summed E-state index contributed by atoms with van der Waals surface area (Å²) in [5, 5.41) is 11.6. The highest BCUT2D eigenvalue weighted by Crippen LogP contribution is 2.16. The van der Waals surface area contributed by atoms with E-state index in [0.717, 1.165) is 5.56 Å². The van der Waals surface area contributed by atoms with Crippen LogP contribution in [0.5, 0.6) is 11.5 Å². The third-order valence-corrected chi connectivity index (χ3v) is 3.25. The summed E-state index contributed by atoms with van der Waals surface area (Å²) in [4.78, 5) is 11.8. The molecule has 0 spiro atoms. The van der Waals surface area contributed by atoms with E-state index >= 15 is 0 Å². The second kappa shape index (κ2) is 9.23. The van der Waals surface area contributed by atoms with Gasteiger partial charge >= 0.3 is 6.61 Å². The molecule has 5 nitrogen and oxygen atoms in total. The van der Waals surface area contributed by atoms with Gasteiger partial charge in [-0.15, -0.1) is 0 Å². The fourth-order valence-electron chi connectivity index (χ4n) is 2.06. The van der Waals surface area contributed by atoms with Crippen LogP contribution in [-0.4, -0.2) is 25.7 Å². The molecule has 0 bridgehead atoms. The first kappa shape index (κ1) is 18.2. The molecule has 1 N–H and O–H groups in total. The van der Waals surface area contributed by atoms with Gasteiger partial charge in [0.1, 0.15) is 17.6 Å². The van der Waals surface area contributed by atoms with E-state index in [2.05, 4.69) is 10.1 Å². The zero-order chi connectivity index (χ0) is 18.1. The van der Waals surface area contributed by atoms with E-state index in [4.69, 9.17) is 10.00 Å². The number of nitriles is 1. The molecule has 0 saturated carbocycles. The van der Waals surface area contributed by atoms with E-state index in [0.29, 0.717) is 24.3 Å². The summed E-state index contributed by atoms with van der Waals surface area (Å²) in [5.74, 6) is 0.132. The number of para-hydroxylation sites is 1. The number of nitrogens with zero attached hydrogens (tertiary/aromatic N) is 1. The summed E-state index contributed by atoms with van der Waals surface area (Å²) in [6, 6.07) is 14.9. The molecule has 0 saturated heterocycles. The molecule has 0 atom stereocenters. The lowest BCUT2D eigenvalue weighted by atomic mass is 10.1. The number of carbonyl (C=O) groups is 1. The predicted octanol–water partition coefficient (Wildman–Crippen LogP) is 2.90. The SMILES string of the molecule is N#Cc1ccccc1OCC(=O)NCCc1ccc(OC(F)F)cc1. The number of ether oxygens (including phenoxy) is 2. The third kappa shape index (κ3) is 6.11. The second-order valence-corrected chi connectivity index (χ2v) is 5.02. The lowest BCUT2D eigenvalue weighted by Gasteiger charge is -2.09. The maximum Gasteiger partial charge on any atom is 0.387 e. The minimum Gasteiger partial charge on any atom is -0.482 e. The smallest absolute Gasteiger partial charge is 0.387 e. The monoisotopic (exact) mass is 346 g/mol. The molecule has 25 heavy (non-hydrogen) atoms. The predicted molar refractivity (Wildman–Crippen MR) is 86.4 cm³/mol. The van der Waals surface area contributed by atoms with Crippen molar-refractivity contribution in [2.24, 2.45) is 0 Å². The van der Waals surface area contributed by atoms with Gasteiger partial charge in [0.05, 0.1) is 5.56 Å². The maximum absolute atomic E-state index is 12.1. The Morgan fingerprint density at radius 2 is 1.88 bits per heavy atom. The summed E-state index contributed by atoms with van der Waals surface area (Å²) in [7, 11) is 0. The van der Waals surface area contributed by atoms with Gasteiger partial charge in [-0.25, -0.2) is 0 Å². The molecule has 7 heteroatoms. The zero-order valence-electron chi connectivity index (χ0n) is 13.2. The molecular weight excluding hydrogens is 330 g/mol. The van der Waals surface area contributed by atoms with Gasteiger partial charge in [0, 0.05) is 6.54 Å². The van der Waals surface area contributed by atoms with Gasteiger partial charge in [-0.2, -0.15) is 14.0 Å². The Morgan fingerprint density at radius 3 is 2.56 bits per heavy atom. The standard InChI is InChI=1S/C18H16F2N2O3/c19-18(20)25-15-7-5-13(6-8-15)9-10-22-17(23)12-24-16-4-2-1-3-14(16)11-21/h1-8,18H,9-10,12H2,(H,22,23). The van der Waals surface area contributed by atoms with Crippen LogP contribution in [0.25, 0.3) is 0 Å². The Bertz CT molecular complexity index is 743. The van der Waals surface area contributed by atoms with E-state index < -0.39 is 6.61 Å². The van der Waals surface area contributed by atoms with Gasteiger partial charge in [-0.3, -0.25) is 4.79 Å². The Kier molecular flexibility index (Phi) is 6.72. The highest BCUT2D eigenvalue weighted by atomic mass is 19.3. The van der Waals surface area contributed by atoms with Crippen LogP contribution in [0.15, 0.2) is 48.5 Å². The molecule has 0 fully saturated rings. The van der Waals surface area contributed by atoms with Gasteiger partial charge in [-0.1, -0.05) is 24.3 Å². The number of benzene rings is 2. The highest BCUT2D eigenvalue weighted by molar-refractivity contribution is 5.77. The molecule has 130 valence electrons. The molecular formula is C18H16F2N2O3. The van der Waals surface area contributed by atoms with Crippen molar-refractivity contribution < 1.29 is 23.0 Å². The highest BCUT2D eigenvalue weighted by Gasteiger charge is 2.07. The Balaban J connectivity index is 1.72. The molecule has 0 radical (unpaired) electrons. The maximum atomic E-state index is 12.1. The first-order valence-corrected chi connectivity index (χ1v) is 7.51. The van der Waals surface area contributed by atoms with E-state index in [1.807, 2.05) is 6.07 Å². The summed E-state index contributed by atoms with van der Waals surface area (Å²) >= 11 is 0. The van der Waals surface area contributed by atoms with Crippen molar-refractivity contribution in [2.75, 3.05) is 13.2 Å². The molecule has 0 aliphatic rings. The van der Waals surface area contributed by atoms with Crippen molar-refractivity contribution in [3.8, 4) is 17.6 Å². The molecule has 0 heterocycles. The zero-order valence-corrected chi connectivity index (χ0v) is 13.2. The third-order valence-electron chi connectivity index (χ3n) is 3.25. The summed E-state index contributed by atoms with van der Waals surface area (Å²) in [6.45, 7) is -2.67. The molecule has 2 aromatic carbocycles. The van der Waals surface area contributed by atoms with Crippen LogP contribution in [0.2, 0.25) is 0 Å². The first-order valence-electron chi connectivity index (χ1n) is 7.51. The first-order chi connectivity index (χ1) is 12.1. The normalized spacial score (nSPS) is 10.2. The Morgan fingerprint density at radius 1 is 1.16 bits per heavy atom. The molecule has 0 aliphatic heterocycles. The van der Waals surface area contributed by atoms with Crippen LogP contribution < -0.4 is 14.8 Å². The molecule has 0 unspecified atom stereocenters. The van der Waals surface area contributed by atoms with Crippen LogP contribution in [0.4, 0.5) is 8.78 Å². The summed E-state index contributed by atoms with van der Waals surface area (Å²) in [6.07, 6.45) is 0.537. The van der Waals surface area contributed by atoms with E-state index in [1.165, 1.54) is 12.1 Å². The average Bonchev–Trinajstić information content (AvgIpc) is 2.61. The van der Waals surface area contributed by atoms with Crippen LogP contribution in [0.1, 0.15) is 11.1 Å². The largest absolute Gasteiger partial charge is 0.482 e. The lowest BCUT2D eigenvalue weighted by molar-refractivity contribution is -0.123. The van der Waals surface area contributed by atoms with Crippen LogP contribution >= 0.6 is 0 Å². The van der Waals surface area contributed by atoms with Gasteiger partial charge < -0.3 is 14.8 Å². The van der Waals surface area contributed by atoms with Crippen LogP contribution in [0.3, 0.4) is 0 Å². The van der Waals surface area contributed by atoms with Crippen LogP contribution in [-0.2, 0) is 11.2 Å². The van der Waals surface area contributed by atoms with Gasteiger partial charge in [0.15, 0.2) is 6.61 Å². The fourth-order valence-corrected chi connectivity index (χ4v) is 2.06. The van der Waals surface area contributed by atoms with Crippen molar-refractivity contribution in [2.45, 2.75) is 13.0 Å². The molecule has 0 aromatic heterocycles. The number of hydrogen-bond acceptors (Lipinski definition) is 4. The molecule has 2 aromatic rings. The van der Waals surface area contributed by atoms with E-state index in [1.54, 1.807) is 36.4 Å². The van der Waals surface area contributed by atoms with E-state index in [9.17, 15) is 13.6 Å². The number of nitrogens with one attached hydrogen (secondary N) is 1. The van der Waals surface area contributed by atoms with Gasteiger partial charge in [-0.05, 0) is 36.2 Å². The number of carbonyl (C=O) groups excluding carboxylic acids is 1. The fraction of sp³-hybridized carbons (Fsp3) is 0.222. The topological polar surface area (TPSA) is 71.3 Å². The molecule has 2 rings (SSSR count). The van der Waals surface area contributed by atoms with Crippen molar-refractivity contribution >= 4 is 5.91 Å². The minimum atomic E-state index is -2.85. The number of rotatable bonds is 8. The lowest BCUT2D eigenvalue weighted by Crippen LogP contribution is -2.30. The minimum absolute atomic E-state index is 0.0901. The van der Waals surface area contributed by atoms with Gasteiger partial charge in [0.25, 0.3) is 5.91 Å². The number of amides is 1. The quantitative estimate of drug-likeness (QED) is 0.798. The summed E-state index contributed by atoms with van der Waals surface area (Å²) in [5.41, 5.74) is 1.24. The van der Waals surface area contributed by atoms with Crippen molar-refractivity contribution in [3.05, 3.63) is 59.7 Å². The number of hydrogen-bond donors (Lipinski definition) is 1. The summed E-state index contributed by atoms with van der Waals surface area (Å²) < 4.78 is 33.7. The molecule has 1 amide bonds. The van der Waals surface area contributed by atoms with Crippen molar-refractivity contribution in [1.29, 1.82) is 5.26 Å². The average molecular weight is 346 g/mol. The number of alkyl halides is 2. The van der Waals surface area contributed by atoms with Crippen molar-refractivity contribution in [1.82, 2.24) is 5.32 Å². The van der Waals surface area contributed by atoms with Gasteiger partial charge in [0.2, 0.25) is 0 Å². The Labute approximate surface area is 143 Å². The van der Waals surface area contributed by atoms with E-state index in [-0.39, 0.29) is 18.3 Å².